The van der Waals surface area contributed by atoms with E-state index >= 15 is 0 Å². The first kappa shape index (κ1) is 36.9. The van der Waals surface area contributed by atoms with Crippen molar-refractivity contribution in [3.63, 3.8) is 0 Å². The quantitative estimate of drug-likeness (QED) is 0.120. The van der Waals surface area contributed by atoms with Crippen LogP contribution in [0.3, 0.4) is 0 Å². The summed E-state index contributed by atoms with van der Waals surface area (Å²) in [6, 6.07) is 0. The van der Waals surface area contributed by atoms with Gasteiger partial charge in [0.1, 0.15) is 0 Å². The Labute approximate surface area is 142 Å². The Morgan fingerprint density at radius 3 is 0.591 bits per heavy atom. The molecule has 0 rings (SSSR count). The molecule has 0 spiro atoms. The van der Waals surface area contributed by atoms with E-state index in [1.54, 1.807) is 0 Å². The van der Waals surface area contributed by atoms with Crippen LogP contribution in [0.15, 0.2) is 0 Å². The van der Waals surface area contributed by atoms with Crippen LogP contribution in [0.1, 0.15) is 0 Å². The predicted octanol–water partition coefficient (Wildman–Crippen LogP) is -4.73. The zero-order valence-electron chi connectivity index (χ0n) is 9.70. The van der Waals surface area contributed by atoms with Gasteiger partial charge in [0.2, 0.25) is 0 Å². The molecule has 0 saturated heterocycles. The van der Waals surface area contributed by atoms with Crippen molar-refractivity contribution in [3.05, 3.63) is 0 Å². The van der Waals surface area contributed by atoms with Crippen molar-refractivity contribution >= 4 is 24.6 Å². The molecule has 16 nitrogen and oxygen atoms in total. The number of carboxylic acid groups (broad SMARTS) is 4. The van der Waals surface area contributed by atoms with Crippen molar-refractivity contribution in [2.45, 2.75) is 0 Å². The zero-order valence-corrected chi connectivity index (χ0v) is 13.6. The smallest absolute Gasteiger partial charge is 0.424 e. The number of hydrogen-bond acceptors (Lipinski definition) is 16. The van der Waals surface area contributed by atoms with E-state index in [4.69, 9.17) is 60.6 Å². The second-order valence-electron chi connectivity index (χ2n) is 1.37. The molecule has 4 N–H and O–H groups in total. The minimum atomic E-state index is -1.94. The second kappa shape index (κ2) is 31.4. The van der Waals surface area contributed by atoms with Gasteiger partial charge in [-0.25, -0.2) is 0 Å². The average Bonchev–Trinajstić information content (AvgIpc) is 2.40. The number of carbonyl (C=O) groups is 4. The van der Waals surface area contributed by atoms with Gasteiger partial charge in [0.05, 0.1) is 0 Å². The molecular weight excluding hydrogens is 433 g/mol. The molecule has 0 amide bonds. The van der Waals surface area contributed by atoms with Crippen LogP contribution in [-0.2, 0) is 56.1 Å². The summed E-state index contributed by atoms with van der Waals surface area (Å²) in [5.41, 5.74) is 0. The van der Waals surface area contributed by atoms with Gasteiger partial charge < -0.3 is 59.2 Å². The van der Waals surface area contributed by atoms with Gasteiger partial charge in [-0.15, -0.1) is 0 Å². The molecule has 18 heteroatoms. The van der Waals surface area contributed by atoms with Crippen molar-refractivity contribution in [3.8, 4) is 0 Å². The second-order valence-corrected chi connectivity index (χ2v) is 1.37. The summed E-state index contributed by atoms with van der Waals surface area (Å²) >= 11 is 0. The summed E-state index contributed by atoms with van der Waals surface area (Å²) in [7, 11) is 0. The maximum Gasteiger partial charge on any atom is 2.00 e. The summed E-state index contributed by atoms with van der Waals surface area (Å²) in [5.74, 6) is 0. The fourth-order valence-corrected chi connectivity index (χ4v) is 0. The topological polar surface area (TPSA) is 278 Å². The summed E-state index contributed by atoms with van der Waals surface area (Å²) in [6.45, 7) is 0. The van der Waals surface area contributed by atoms with Crippen molar-refractivity contribution in [2.24, 2.45) is 0 Å². The molecule has 0 heterocycles. The van der Waals surface area contributed by atoms with E-state index in [0.717, 1.165) is 0 Å². The molecule has 0 aliphatic heterocycles. The van der Waals surface area contributed by atoms with E-state index < -0.39 is 24.6 Å². The number of hydrogen-bond donors (Lipinski definition) is 4. The van der Waals surface area contributed by atoms with Crippen LogP contribution in [0.5, 0.6) is 0 Å². The van der Waals surface area contributed by atoms with Gasteiger partial charge in [0, 0.05) is 0 Å². The largest absolute Gasteiger partial charge is 2.00 e. The molecule has 0 atom stereocenters. The number of rotatable bonds is 0. The molecule has 0 aromatic carbocycles. The zero-order chi connectivity index (χ0) is 17.1. The Morgan fingerprint density at radius 2 is 0.591 bits per heavy atom. The van der Waals surface area contributed by atoms with E-state index in [9.17, 15) is 0 Å². The molecule has 0 aromatic rings. The molecule has 0 bridgehead atoms. The third-order valence-corrected chi connectivity index (χ3v) is 0.298. The first-order valence-corrected chi connectivity index (χ1v) is 3.18. The van der Waals surface area contributed by atoms with Crippen LogP contribution in [0.2, 0.25) is 0 Å². The third-order valence-electron chi connectivity index (χ3n) is 0.298. The Bertz CT molecular complexity index is 223. The van der Waals surface area contributed by atoms with Gasteiger partial charge in [-0.2, -0.15) is 0 Å². The van der Waals surface area contributed by atoms with E-state index in [1.807, 2.05) is 0 Å². The Balaban J connectivity index is -0.0000000376. The van der Waals surface area contributed by atoms with Gasteiger partial charge in [0.15, 0.2) is 0 Å². The molecule has 129 valence electrons. The Kier molecular flexibility index (Phi) is 52.7. The van der Waals surface area contributed by atoms with Crippen molar-refractivity contribution in [2.75, 3.05) is 0 Å². The van der Waals surface area contributed by atoms with Gasteiger partial charge >= 0.3 is 36.5 Å². The van der Waals surface area contributed by atoms with Gasteiger partial charge in [-0.05, 0) is 0 Å². The summed E-state index contributed by atoms with van der Waals surface area (Å²) < 4.78 is 0. The first-order valence-electron chi connectivity index (χ1n) is 3.18. The fourth-order valence-electron chi connectivity index (χ4n) is 0. The normalized spacial score (nSPS) is 6.00. The summed E-state index contributed by atoms with van der Waals surface area (Å²) in [6.07, 6.45) is -7.76. The van der Waals surface area contributed by atoms with Crippen LogP contribution >= 0.6 is 0 Å². The summed E-state index contributed by atoms with van der Waals surface area (Å²) in [4.78, 5) is 45.4. The fraction of sp³-hybridized carbons (Fsp3) is 0. The third kappa shape index (κ3) is 143. The molecule has 0 unspecified atom stereocenters. The Morgan fingerprint density at radius 1 is 0.545 bits per heavy atom. The van der Waals surface area contributed by atoms with Crippen LogP contribution in [0.4, 0.5) is 19.2 Å². The van der Waals surface area contributed by atoms with Crippen LogP contribution < -0.4 is 20.4 Å². The maximum absolute atomic E-state index is 8.78. The maximum atomic E-state index is 8.78. The monoisotopic (exact) mass is 435 g/mol. The van der Waals surface area contributed by atoms with Gasteiger partial charge in [-0.3, -0.25) is 21.0 Å². The van der Waals surface area contributed by atoms with Gasteiger partial charge in [-0.1, -0.05) is 0 Å². The van der Waals surface area contributed by atoms with E-state index in [-0.39, 0.29) is 36.5 Å². The summed E-state index contributed by atoms with van der Waals surface area (Å²) in [5, 5.41) is 63.1. The number of carbonyl (C=O) groups excluding carboxylic acids is 4. The van der Waals surface area contributed by atoms with Crippen molar-refractivity contribution in [1.29, 1.82) is 0 Å². The van der Waals surface area contributed by atoms with E-state index in [0.29, 0.717) is 0 Å². The molecule has 0 aliphatic rings. The molecular formula is C4H4CuO16Zn. The standard InChI is InChI=1S/4CH2O4.Cu.Zn/c4*2-1(3)5-4;;/h4*4H,(H,2,3);;/q;;;;2*+2/p-4. The van der Waals surface area contributed by atoms with Gasteiger partial charge in [0.25, 0.3) is 24.6 Å². The first-order chi connectivity index (χ1) is 9.08. The average molecular weight is 437 g/mol. The van der Waals surface area contributed by atoms with Crippen LogP contribution in [0, 0.1) is 0 Å². The molecule has 0 aromatic heterocycles. The Hall–Kier alpha value is -1.94. The van der Waals surface area contributed by atoms with Crippen LogP contribution in [0.25, 0.3) is 0 Å². The molecule has 0 fully saturated rings. The minimum Gasteiger partial charge on any atom is -0.424 e. The molecule has 1 radical (unpaired) electrons. The van der Waals surface area contributed by atoms with E-state index in [1.165, 1.54) is 0 Å². The minimum absolute atomic E-state index is 0. The molecule has 0 saturated carbocycles. The van der Waals surface area contributed by atoms with Crippen molar-refractivity contribution < 1.29 is 117 Å². The molecule has 0 aliphatic carbocycles. The van der Waals surface area contributed by atoms with Crippen LogP contribution in [-0.4, -0.2) is 45.7 Å². The van der Waals surface area contributed by atoms with E-state index in [2.05, 4.69) is 19.6 Å². The van der Waals surface area contributed by atoms with Crippen molar-refractivity contribution in [1.82, 2.24) is 0 Å². The SMILES string of the molecule is O=C([O-])OO.O=C([O-])OO.O=C([O-])OO.O=C([O-])OO.[Cu+2].[Zn+2]. The molecule has 22 heavy (non-hydrogen) atoms. The predicted molar refractivity (Wildman–Crippen MR) is 36.4 cm³/mol.